The summed E-state index contributed by atoms with van der Waals surface area (Å²) >= 11 is 0. The number of aliphatic hydroxyl groups excluding tert-OH is 1. The molecule has 146 valence electrons. The van der Waals surface area contributed by atoms with Crippen LogP contribution in [0.3, 0.4) is 0 Å². The van der Waals surface area contributed by atoms with Crippen LogP contribution < -0.4 is 5.32 Å². The molecule has 2 aromatic rings. The van der Waals surface area contributed by atoms with Crippen molar-refractivity contribution in [2.24, 2.45) is 0 Å². The fourth-order valence-electron chi connectivity index (χ4n) is 3.19. The lowest BCUT2D eigenvalue weighted by atomic mass is 10.1. The molecule has 0 unspecified atom stereocenters. The topological polar surface area (TPSA) is 90.0 Å². The number of anilines is 1. The van der Waals surface area contributed by atoms with Crippen molar-refractivity contribution in [3.8, 4) is 0 Å². The number of aliphatic hydroxyl groups is 1. The van der Waals surface area contributed by atoms with Gasteiger partial charge < -0.3 is 15.3 Å². The van der Waals surface area contributed by atoms with Crippen molar-refractivity contribution < 1.29 is 19.5 Å². The van der Waals surface area contributed by atoms with Crippen LogP contribution in [0.5, 0.6) is 0 Å². The standard InChI is InChI=1S/C21H23N3O4/c1-14(2)24-19(26)17-9-8-16(12-18(17)20(24)27)22-21(28)23(10-11-25)13-15-6-4-3-5-7-15/h3-9,12,14,25H,10-11,13H2,1-2H3,(H,22,28). The summed E-state index contributed by atoms with van der Waals surface area (Å²) in [5, 5.41) is 12.0. The zero-order valence-corrected chi connectivity index (χ0v) is 15.9. The SMILES string of the molecule is CC(C)N1C(=O)c2ccc(NC(=O)N(CCO)Cc3ccccc3)cc2C1=O. The number of carbonyl (C=O) groups excluding carboxylic acids is 3. The maximum Gasteiger partial charge on any atom is 0.322 e. The lowest BCUT2D eigenvalue weighted by Gasteiger charge is -2.22. The van der Waals surface area contributed by atoms with E-state index in [1.807, 2.05) is 30.3 Å². The Balaban J connectivity index is 1.77. The summed E-state index contributed by atoms with van der Waals surface area (Å²) in [4.78, 5) is 40.2. The zero-order chi connectivity index (χ0) is 20.3. The molecule has 1 heterocycles. The zero-order valence-electron chi connectivity index (χ0n) is 15.9. The van der Waals surface area contributed by atoms with Crippen LogP contribution in [0.2, 0.25) is 0 Å². The lowest BCUT2D eigenvalue weighted by molar-refractivity contribution is 0.0609. The number of fused-ring (bicyclic) bond motifs is 1. The average molecular weight is 381 g/mol. The molecule has 3 rings (SSSR count). The summed E-state index contributed by atoms with van der Waals surface area (Å²) in [6.45, 7) is 3.91. The highest BCUT2D eigenvalue weighted by molar-refractivity contribution is 6.22. The molecule has 1 aliphatic rings. The van der Waals surface area contributed by atoms with Gasteiger partial charge in [-0.3, -0.25) is 14.5 Å². The number of hydrogen-bond acceptors (Lipinski definition) is 4. The summed E-state index contributed by atoms with van der Waals surface area (Å²) < 4.78 is 0. The lowest BCUT2D eigenvalue weighted by Crippen LogP contribution is -2.36. The van der Waals surface area contributed by atoms with E-state index in [4.69, 9.17) is 0 Å². The van der Waals surface area contributed by atoms with Gasteiger partial charge in [0.15, 0.2) is 0 Å². The fourth-order valence-corrected chi connectivity index (χ4v) is 3.19. The summed E-state index contributed by atoms with van der Waals surface area (Å²) in [6, 6.07) is 13.5. The van der Waals surface area contributed by atoms with Gasteiger partial charge in [0.05, 0.1) is 17.7 Å². The Kier molecular flexibility index (Phi) is 5.75. The minimum atomic E-state index is -0.393. The molecule has 0 fully saturated rings. The Morgan fingerprint density at radius 2 is 1.75 bits per heavy atom. The minimum absolute atomic E-state index is 0.166. The molecule has 0 bridgehead atoms. The average Bonchev–Trinajstić information content (AvgIpc) is 2.92. The number of carbonyl (C=O) groups is 3. The van der Waals surface area contributed by atoms with Crippen molar-refractivity contribution in [3.63, 3.8) is 0 Å². The van der Waals surface area contributed by atoms with E-state index in [-0.39, 0.29) is 36.6 Å². The van der Waals surface area contributed by atoms with Gasteiger partial charge in [-0.15, -0.1) is 0 Å². The molecule has 0 aromatic heterocycles. The molecular weight excluding hydrogens is 358 g/mol. The van der Waals surface area contributed by atoms with Gasteiger partial charge in [-0.25, -0.2) is 4.79 Å². The molecule has 4 amide bonds. The summed E-state index contributed by atoms with van der Waals surface area (Å²) in [5.74, 6) is -0.679. The molecule has 0 saturated heterocycles. The van der Waals surface area contributed by atoms with Crippen LogP contribution in [0.25, 0.3) is 0 Å². The Morgan fingerprint density at radius 3 is 2.39 bits per heavy atom. The number of urea groups is 1. The number of imide groups is 1. The maximum absolute atomic E-state index is 12.7. The van der Waals surface area contributed by atoms with E-state index in [2.05, 4.69) is 5.32 Å². The maximum atomic E-state index is 12.7. The molecular formula is C21H23N3O4. The van der Waals surface area contributed by atoms with Crippen molar-refractivity contribution in [3.05, 3.63) is 65.2 Å². The van der Waals surface area contributed by atoms with E-state index in [0.717, 1.165) is 5.56 Å². The highest BCUT2D eigenvalue weighted by Crippen LogP contribution is 2.27. The van der Waals surface area contributed by atoms with Crippen molar-refractivity contribution >= 4 is 23.5 Å². The van der Waals surface area contributed by atoms with E-state index in [1.165, 1.54) is 15.9 Å². The van der Waals surface area contributed by atoms with Crippen molar-refractivity contribution in [2.75, 3.05) is 18.5 Å². The van der Waals surface area contributed by atoms with Crippen LogP contribution in [-0.4, -0.2) is 51.9 Å². The third kappa shape index (κ3) is 3.89. The first kappa shape index (κ1) is 19.6. The van der Waals surface area contributed by atoms with Gasteiger partial charge in [0, 0.05) is 24.8 Å². The monoisotopic (exact) mass is 381 g/mol. The van der Waals surface area contributed by atoms with Crippen LogP contribution in [0.1, 0.15) is 40.1 Å². The van der Waals surface area contributed by atoms with Crippen molar-refractivity contribution in [2.45, 2.75) is 26.4 Å². The van der Waals surface area contributed by atoms with Gasteiger partial charge in [0.25, 0.3) is 11.8 Å². The molecule has 0 spiro atoms. The van der Waals surface area contributed by atoms with Gasteiger partial charge in [-0.05, 0) is 37.6 Å². The first-order chi connectivity index (χ1) is 13.4. The molecule has 0 aliphatic carbocycles. The number of amides is 4. The second kappa shape index (κ2) is 8.22. The molecule has 7 heteroatoms. The highest BCUT2D eigenvalue weighted by atomic mass is 16.3. The van der Waals surface area contributed by atoms with Crippen LogP contribution in [0.4, 0.5) is 10.5 Å². The molecule has 2 aromatic carbocycles. The Morgan fingerprint density at radius 1 is 1.07 bits per heavy atom. The highest BCUT2D eigenvalue weighted by Gasteiger charge is 2.37. The number of hydrogen-bond donors (Lipinski definition) is 2. The Hall–Kier alpha value is -3.19. The van der Waals surface area contributed by atoms with Gasteiger partial charge in [0.2, 0.25) is 0 Å². The van der Waals surface area contributed by atoms with Gasteiger partial charge >= 0.3 is 6.03 Å². The predicted molar refractivity (Wildman–Crippen MR) is 105 cm³/mol. The van der Waals surface area contributed by atoms with Gasteiger partial charge in [-0.1, -0.05) is 30.3 Å². The molecule has 0 saturated carbocycles. The van der Waals surface area contributed by atoms with Crippen molar-refractivity contribution in [1.82, 2.24) is 9.80 Å². The number of nitrogens with one attached hydrogen (secondary N) is 1. The number of rotatable bonds is 6. The third-order valence-electron chi connectivity index (χ3n) is 4.56. The second-order valence-corrected chi connectivity index (χ2v) is 6.90. The van der Waals surface area contributed by atoms with Gasteiger partial charge in [0.1, 0.15) is 0 Å². The molecule has 2 N–H and O–H groups in total. The molecule has 0 radical (unpaired) electrons. The second-order valence-electron chi connectivity index (χ2n) is 6.90. The Labute approximate surface area is 163 Å². The first-order valence-electron chi connectivity index (χ1n) is 9.15. The quantitative estimate of drug-likeness (QED) is 0.753. The molecule has 28 heavy (non-hydrogen) atoms. The summed E-state index contributed by atoms with van der Waals surface area (Å²) in [5.41, 5.74) is 1.99. The predicted octanol–water partition coefficient (Wildman–Crippen LogP) is 2.72. The first-order valence-corrected chi connectivity index (χ1v) is 9.15. The molecule has 0 atom stereocenters. The van der Waals surface area contributed by atoms with E-state index in [9.17, 15) is 19.5 Å². The molecule has 1 aliphatic heterocycles. The van der Waals surface area contributed by atoms with Crippen LogP contribution in [-0.2, 0) is 6.54 Å². The largest absolute Gasteiger partial charge is 0.395 e. The van der Waals surface area contributed by atoms with E-state index in [0.29, 0.717) is 17.8 Å². The van der Waals surface area contributed by atoms with E-state index >= 15 is 0 Å². The number of benzene rings is 2. The minimum Gasteiger partial charge on any atom is -0.395 e. The van der Waals surface area contributed by atoms with Crippen LogP contribution in [0.15, 0.2) is 48.5 Å². The van der Waals surface area contributed by atoms with Gasteiger partial charge in [-0.2, -0.15) is 0 Å². The smallest absolute Gasteiger partial charge is 0.322 e. The summed E-state index contributed by atoms with van der Waals surface area (Å²) in [7, 11) is 0. The number of nitrogens with zero attached hydrogens (tertiary/aromatic N) is 2. The van der Waals surface area contributed by atoms with Crippen LogP contribution >= 0.6 is 0 Å². The van der Waals surface area contributed by atoms with E-state index < -0.39 is 6.03 Å². The van der Waals surface area contributed by atoms with Crippen molar-refractivity contribution in [1.29, 1.82) is 0 Å². The Bertz CT molecular complexity index is 896. The normalized spacial score (nSPS) is 13.1. The van der Waals surface area contributed by atoms with E-state index in [1.54, 1.807) is 26.0 Å². The third-order valence-corrected chi connectivity index (χ3v) is 4.56. The van der Waals surface area contributed by atoms with Crippen LogP contribution in [0, 0.1) is 0 Å². The fraction of sp³-hybridized carbons (Fsp3) is 0.286. The molecule has 7 nitrogen and oxygen atoms in total. The summed E-state index contributed by atoms with van der Waals surface area (Å²) in [6.07, 6.45) is 0.